The highest BCUT2D eigenvalue weighted by Gasteiger charge is 2.23. The molecule has 0 fully saturated rings. The van der Waals surface area contributed by atoms with Gasteiger partial charge in [-0.3, -0.25) is 5.73 Å². The van der Waals surface area contributed by atoms with Gasteiger partial charge in [0.1, 0.15) is 5.69 Å². The maximum atomic E-state index is 10.7. The molecule has 0 saturated carbocycles. The number of nitrogens with two attached hydrogens (primary N) is 1. The number of rotatable bonds is 4. The summed E-state index contributed by atoms with van der Waals surface area (Å²) in [5, 5.41) is 10.9. The summed E-state index contributed by atoms with van der Waals surface area (Å²) in [7, 11) is 0. The summed E-state index contributed by atoms with van der Waals surface area (Å²) in [6, 6.07) is 8.36. The zero-order valence-electron chi connectivity index (χ0n) is 7.46. The Morgan fingerprint density at radius 2 is 2.07 bits per heavy atom. The Kier molecular flexibility index (Phi) is 3.19. The Labute approximate surface area is 81.6 Å². The Hall–Kier alpha value is -1.88. The second-order valence-corrected chi connectivity index (χ2v) is 2.51. The van der Waals surface area contributed by atoms with Gasteiger partial charge < -0.3 is 0 Å². The molecule has 0 saturated heterocycles. The summed E-state index contributed by atoms with van der Waals surface area (Å²) in [4.78, 5) is 10.7. The summed E-state index contributed by atoms with van der Waals surface area (Å²) in [6.07, 6.45) is 1.22. The average molecular weight is 192 g/mol. The minimum absolute atomic E-state index is 0.0128. The molecule has 0 unspecified atom stereocenters. The van der Waals surface area contributed by atoms with Crippen LogP contribution in [-0.4, -0.2) is 5.03 Å². The van der Waals surface area contributed by atoms with Crippen molar-refractivity contribution in [2.45, 2.75) is 0 Å². The van der Waals surface area contributed by atoms with Crippen molar-refractivity contribution in [2.75, 3.05) is 5.01 Å². The van der Waals surface area contributed by atoms with E-state index in [1.165, 1.54) is 6.08 Å². The molecule has 2 N–H and O–H groups in total. The fourth-order valence-corrected chi connectivity index (χ4v) is 0.993. The van der Waals surface area contributed by atoms with Gasteiger partial charge in [0.25, 0.3) is 0 Å². The SMILES string of the molecule is C=C[C](N)N(c1ccccc1)[N+](=O)[O-]. The van der Waals surface area contributed by atoms with E-state index < -0.39 is 5.03 Å². The first-order valence-corrected chi connectivity index (χ1v) is 3.91. The Balaban J connectivity index is 3.00. The highest BCUT2D eigenvalue weighted by Crippen LogP contribution is 2.17. The molecule has 0 aliphatic rings. The molecule has 5 nitrogen and oxygen atoms in total. The molecule has 14 heavy (non-hydrogen) atoms. The van der Waals surface area contributed by atoms with Crippen molar-refractivity contribution in [3.05, 3.63) is 59.3 Å². The third-order valence-corrected chi connectivity index (χ3v) is 1.62. The number of benzene rings is 1. The van der Waals surface area contributed by atoms with Gasteiger partial charge in [-0.15, -0.1) is 0 Å². The van der Waals surface area contributed by atoms with Crippen molar-refractivity contribution in [1.82, 2.24) is 0 Å². The van der Waals surface area contributed by atoms with E-state index in [9.17, 15) is 10.1 Å². The zero-order valence-corrected chi connectivity index (χ0v) is 7.46. The number of nitro groups is 1. The third kappa shape index (κ3) is 2.08. The molecule has 0 amide bonds. The van der Waals surface area contributed by atoms with Crippen LogP contribution in [0.1, 0.15) is 0 Å². The molecule has 0 aromatic heterocycles. The van der Waals surface area contributed by atoms with Gasteiger partial charge in [-0.05, 0) is 18.2 Å². The van der Waals surface area contributed by atoms with Crippen LogP contribution in [0.15, 0.2) is 43.0 Å². The van der Waals surface area contributed by atoms with E-state index in [-0.39, 0.29) is 6.17 Å². The minimum Gasteiger partial charge on any atom is -0.297 e. The molecule has 0 spiro atoms. The van der Waals surface area contributed by atoms with Crippen molar-refractivity contribution in [1.29, 1.82) is 0 Å². The number of nitrogens with zero attached hydrogens (tertiary/aromatic N) is 2. The van der Waals surface area contributed by atoms with E-state index in [0.717, 1.165) is 5.01 Å². The molecule has 73 valence electrons. The van der Waals surface area contributed by atoms with Gasteiger partial charge in [0.2, 0.25) is 6.17 Å². The molecule has 0 aliphatic heterocycles. The van der Waals surface area contributed by atoms with Crippen LogP contribution in [0.5, 0.6) is 0 Å². The molecule has 1 aromatic carbocycles. The van der Waals surface area contributed by atoms with Crippen LogP contribution in [0, 0.1) is 16.3 Å². The molecule has 5 heteroatoms. The first-order chi connectivity index (χ1) is 6.66. The minimum atomic E-state index is -0.591. The van der Waals surface area contributed by atoms with Crippen LogP contribution in [0.2, 0.25) is 0 Å². The molecule has 1 aromatic rings. The fourth-order valence-electron chi connectivity index (χ4n) is 0.993. The van der Waals surface area contributed by atoms with Crippen LogP contribution < -0.4 is 10.7 Å². The normalized spacial score (nSPS) is 9.86. The van der Waals surface area contributed by atoms with Crippen LogP contribution >= 0.6 is 0 Å². The van der Waals surface area contributed by atoms with Gasteiger partial charge in [-0.25, -0.2) is 10.1 Å². The Bertz CT molecular complexity index is 326. The van der Waals surface area contributed by atoms with Crippen LogP contribution in [-0.2, 0) is 0 Å². The smallest absolute Gasteiger partial charge is 0.218 e. The standard InChI is InChI=1S/C9H10N3O2/c1-2-9(10)11(12(13)14)8-6-4-3-5-7-8/h2-7H,1,10H2. The predicted molar refractivity (Wildman–Crippen MR) is 53.5 cm³/mol. The lowest BCUT2D eigenvalue weighted by molar-refractivity contribution is -0.491. The van der Waals surface area contributed by atoms with E-state index in [1.807, 2.05) is 0 Å². The van der Waals surface area contributed by atoms with Gasteiger partial charge >= 0.3 is 0 Å². The fraction of sp³-hybridized carbons (Fsp3) is 0. The zero-order chi connectivity index (χ0) is 10.6. The first kappa shape index (κ1) is 10.2. The summed E-state index contributed by atoms with van der Waals surface area (Å²) in [5.41, 5.74) is 5.83. The number of anilines is 1. The van der Waals surface area contributed by atoms with Crippen molar-refractivity contribution >= 4 is 5.69 Å². The van der Waals surface area contributed by atoms with Gasteiger partial charge in [0, 0.05) is 0 Å². The van der Waals surface area contributed by atoms with Crippen LogP contribution in [0.25, 0.3) is 0 Å². The lowest BCUT2D eigenvalue weighted by Crippen LogP contribution is -2.37. The maximum absolute atomic E-state index is 10.7. The predicted octanol–water partition coefficient (Wildman–Crippen LogP) is 1.32. The summed E-state index contributed by atoms with van der Waals surface area (Å²) >= 11 is 0. The summed E-state index contributed by atoms with van der Waals surface area (Å²) in [5.74, 6) is 0. The number of para-hydroxylation sites is 1. The molecule has 1 rings (SSSR count). The van der Waals surface area contributed by atoms with Gasteiger partial charge in [-0.2, -0.15) is 0 Å². The van der Waals surface area contributed by atoms with Crippen molar-refractivity contribution in [2.24, 2.45) is 5.73 Å². The first-order valence-electron chi connectivity index (χ1n) is 3.91. The number of hydrazine groups is 1. The summed E-state index contributed by atoms with van der Waals surface area (Å²) in [6.45, 7) is 3.38. The lowest BCUT2D eigenvalue weighted by Gasteiger charge is -2.16. The van der Waals surface area contributed by atoms with Crippen molar-refractivity contribution in [3.63, 3.8) is 0 Å². The van der Waals surface area contributed by atoms with E-state index in [1.54, 1.807) is 30.3 Å². The third-order valence-electron chi connectivity index (χ3n) is 1.62. The Morgan fingerprint density at radius 1 is 1.50 bits per heavy atom. The van der Waals surface area contributed by atoms with Crippen molar-refractivity contribution < 1.29 is 5.03 Å². The van der Waals surface area contributed by atoms with Gasteiger partial charge in [0.15, 0.2) is 5.03 Å². The van der Waals surface area contributed by atoms with E-state index >= 15 is 0 Å². The molecular weight excluding hydrogens is 182 g/mol. The van der Waals surface area contributed by atoms with Gasteiger partial charge in [-0.1, -0.05) is 29.8 Å². The van der Waals surface area contributed by atoms with E-state index in [4.69, 9.17) is 5.73 Å². The molecular formula is C9H10N3O2. The second kappa shape index (κ2) is 4.38. The number of hydrogen-bond donors (Lipinski definition) is 1. The highest BCUT2D eigenvalue weighted by molar-refractivity contribution is 5.47. The topological polar surface area (TPSA) is 72.4 Å². The maximum Gasteiger partial charge on any atom is 0.218 e. The summed E-state index contributed by atoms with van der Waals surface area (Å²) < 4.78 is 0. The quantitative estimate of drug-likeness (QED) is 0.576. The number of hydrogen-bond acceptors (Lipinski definition) is 3. The molecule has 0 aliphatic carbocycles. The molecule has 0 heterocycles. The van der Waals surface area contributed by atoms with Crippen LogP contribution in [0.4, 0.5) is 5.69 Å². The van der Waals surface area contributed by atoms with Crippen molar-refractivity contribution in [3.8, 4) is 0 Å². The van der Waals surface area contributed by atoms with E-state index in [0.29, 0.717) is 5.69 Å². The van der Waals surface area contributed by atoms with Gasteiger partial charge in [0.05, 0.1) is 0 Å². The largest absolute Gasteiger partial charge is 0.297 e. The monoisotopic (exact) mass is 192 g/mol. The second-order valence-electron chi connectivity index (χ2n) is 2.51. The molecule has 1 radical (unpaired) electrons. The van der Waals surface area contributed by atoms with Crippen LogP contribution in [0.3, 0.4) is 0 Å². The Morgan fingerprint density at radius 3 is 2.50 bits per heavy atom. The molecule has 0 bridgehead atoms. The lowest BCUT2D eigenvalue weighted by atomic mass is 10.3. The van der Waals surface area contributed by atoms with E-state index in [2.05, 4.69) is 6.58 Å². The average Bonchev–Trinajstić information content (AvgIpc) is 2.19. The highest BCUT2D eigenvalue weighted by atomic mass is 16.7. The molecule has 0 atom stereocenters.